The van der Waals surface area contributed by atoms with E-state index in [1.54, 1.807) is 0 Å². The summed E-state index contributed by atoms with van der Waals surface area (Å²) in [6, 6.07) is 8.28. The van der Waals surface area contributed by atoms with E-state index < -0.39 is 0 Å². The first kappa shape index (κ1) is 11.8. The van der Waals surface area contributed by atoms with Crippen molar-refractivity contribution >= 4 is 11.6 Å². The molecular formula is C14H16ClN3. The van der Waals surface area contributed by atoms with Crippen molar-refractivity contribution in [1.29, 1.82) is 0 Å². The number of imidazole rings is 1. The van der Waals surface area contributed by atoms with Crippen LogP contribution in [0.25, 0.3) is 11.3 Å². The minimum Gasteiger partial charge on any atom is -0.330 e. The van der Waals surface area contributed by atoms with Crippen molar-refractivity contribution in [2.75, 3.05) is 6.54 Å². The molecule has 0 bridgehead atoms. The lowest BCUT2D eigenvalue weighted by molar-refractivity contribution is 0.581. The van der Waals surface area contributed by atoms with Crippen LogP contribution in [0.3, 0.4) is 0 Å². The molecule has 1 aliphatic heterocycles. The Labute approximate surface area is 112 Å². The Hall–Kier alpha value is -1.32. The fourth-order valence-corrected chi connectivity index (χ4v) is 2.80. The van der Waals surface area contributed by atoms with Crippen LogP contribution < -0.4 is 5.32 Å². The Morgan fingerprint density at radius 3 is 2.94 bits per heavy atom. The third-order valence-corrected chi connectivity index (χ3v) is 3.88. The number of nitrogens with one attached hydrogen (secondary N) is 1. The second-order valence-electron chi connectivity index (χ2n) is 4.69. The van der Waals surface area contributed by atoms with E-state index in [1.807, 2.05) is 30.5 Å². The number of rotatable bonds is 2. The molecule has 94 valence electrons. The molecule has 1 atom stereocenters. The predicted octanol–water partition coefficient (Wildman–Crippen LogP) is 3.17. The molecule has 1 aliphatic rings. The average molecular weight is 262 g/mol. The van der Waals surface area contributed by atoms with Gasteiger partial charge in [-0.1, -0.05) is 29.8 Å². The Morgan fingerprint density at radius 2 is 2.22 bits per heavy atom. The fourth-order valence-electron chi connectivity index (χ4n) is 2.57. The van der Waals surface area contributed by atoms with Gasteiger partial charge in [-0.3, -0.25) is 0 Å². The summed E-state index contributed by atoms with van der Waals surface area (Å²) in [5.41, 5.74) is 2.11. The molecule has 4 heteroatoms. The molecule has 1 aromatic heterocycles. The Balaban J connectivity index is 2.02. The van der Waals surface area contributed by atoms with Crippen LogP contribution in [-0.4, -0.2) is 16.1 Å². The third kappa shape index (κ3) is 1.93. The summed E-state index contributed by atoms with van der Waals surface area (Å²) >= 11 is 6.24. The average Bonchev–Trinajstić information content (AvgIpc) is 2.99. The molecule has 0 aliphatic carbocycles. The molecule has 3 rings (SSSR count). The number of aromatic nitrogens is 2. The second kappa shape index (κ2) is 4.75. The van der Waals surface area contributed by atoms with Crippen molar-refractivity contribution in [2.45, 2.75) is 18.9 Å². The maximum atomic E-state index is 6.24. The smallest absolute Gasteiger partial charge is 0.126 e. The zero-order chi connectivity index (χ0) is 12.5. The minimum atomic E-state index is 0.381. The summed E-state index contributed by atoms with van der Waals surface area (Å²) in [7, 11) is 2.06. The lowest BCUT2D eigenvalue weighted by atomic mass is 10.1. The maximum absolute atomic E-state index is 6.24. The molecule has 1 unspecified atom stereocenters. The quantitative estimate of drug-likeness (QED) is 0.900. The van der Waals surface area contributed by atoms with Gasteiger partial charge < -0.3 is 9.88 Å². The van der Waals surface area contributed by atoms with Crippen molar-refractivity contribution < 1.29 is 0 Å². The van der Waals surface area contributed by atoms with E-state index >= 15 is 0 Å². The number of hydrogen-bond acceptors (Lipinski definition) is 2. The molecule has 1 fully saturated rings. The van der Waals surface area contributed by atoms with Crippen molar-refractivity contribution in [1.82, 2.24) is 14.9 Å². The van der Waals surface area contributed by atoms with E-state index in [-0.39, 0.29) is 0 Å². The third-order valence-electron chi connectivity index (χ3n) is 3.55. The molecular weight excluding hydrogens is 246 g/mol. The molecule has 0 saturated carbocycles. The maximum Gasteiger partial charge on any atom is 0.126 e. The van der Waals surface area contributed by atoms with Gasteiger partial charge in [-0.05, 0) is 25.5 Å². The van der Waals surface area contributed by atoms with Crippen LogP contribution in [0.5, 0.6) is 0 Å². The van der Waals surface area contributed by atoms with Crippen LogP contribution in [0.15, 0.2) is 30.5 Å². The van der Waals surface area contributed by atoms with E-state index in [0.29, 0.717) is 6.04 Å². The minimum absolute atomic E-state index is 0.381. The standard InChI is InChI=1S/C14H16ClN3/c1-18-13(10-5-2-3-6-11(10)15)9-17-14(18)12-7-4-8-16-12/h2-3,5-6,9,12,16H,4,7-8H2,1H3. The van der Waals surface area contributed by atoms with Crippen LogP contribution in [0.2, 0.25) is 5.02 Å². The molecule has 0 amide bonds. The highest BCUT2D eigenvalue weighted by Crippen LogP contribution is 2.30. The van der Waals surface area contributed by atoms with Crippen LogP contribution >= 0.6 is 11.6 Å². The van der Waals surface area contributed by atoms with Gasteiger partial charge in [-0.15, -0.1) is 0 Å². The first-order valence-corrected chi connectivity index (χ1v) is 6.65. The van der Waals surface area contributed by atoms with Crippen molar-refractivity contribution in [2.24, 2.45) is 7.05 Å². The molecule has 18 heavy (non-hydrogen) atoms. The van der Waals surface area contributed by atoms with E-state index in [0.717, 1.165) is 35.1 Å². The number of halogens is 1. The second-order valence-corrected chi connectivity index (χ2v) is 5.10. The van der Waals surface area contributed by atoms with Gasteiger partial charge in [-0.25, -0.2) is 4.98 Å². The summed E-state index contributed by atoms with van der Waals surface area (Å²) < 4.78 is 2.14. The van der Waals surface area contributed by atoms with E-state index in [4.69, 9.17) is 11.6 Å². The highest BCUT2D eigenvalue weighted by atomic mass is 35.5. The zero-order valence-electron chi connectivity index (χ0n) is 10.4. The van der Waals surface area contributed by atoms with Crippen LogP contribution in [0.1, 0.15) is 24.7 Å². The fraction of sp³-hybridized carbons (Fsp3) is 0.357. The summed E-state index contributed by atoms with van der Waals surface area (Å²) in [6.07, 6.45) is 4.29. The lowest BCUT2D eigenvalue weighted by Gasteiger charge is -2.12. The largest absolute Gasteiger partial charge is 0.330 e. The number of hydrogen-bond donors (Lipinski definition) is 1. The van der Waals surface area contributed by atoms with Crippen LogP contribution in [0, 0.1) is 0 Å². The van der Waals surface area contributed by atoms with Gasteiger partial charge in [0.25, 0.3) is 0 Å². The first-order chi connectivity index (χ1) is 8.77. The van der Waals surface area contributed by atoms with Gasteiger partial charge >= 0.3 is 0 Å². The highest BCUT2D eigenvalue weighted by molar-refractivity contribution is 6.33. The SMILES string of the molecule is Cn1c(-c2ccccc2Cl)cnc1C1CCCN1. The Morgan fingerprint density at radius 1 is 1.39 bits per heavy atom. The molecule has 0 radical (unpaired) electrons. The summed E-state index contributed by atoms with van der Waals surface area (Å²) in [6.45, 7) is 1.08. The van der Waals surface area contributed by atoms with Crippen LogP contribution in [-0.2, 0) is 7.05 Å². The van der Waals surface area contributed by atoms with Gasteiger partial charge in [0, 0.05) is 17.6 Å². The van der Waals surface area contributed by atoms with Gasteiger partial charge in [-0.2, -0.15) is 0 Å². The predicted molar refractivity (Wildman–Crippen MR) is 73.6 cm³/mol. The summed E-state index contributed by atoms with van der Waals surface area (Å²) in [5, 5.41) is 4.25. The van der Waals surface area contributed by atoms with Crippen molar-refractivity contribution in [3.8, 4) is 11.3 Å². The molecule has 1 N–H and O–H groups in total. The van der Waals surface area contributed by atoms with E-state index in [1.165, 1.54) is 6.42 Å². The lowest BCUT2D eigenvalue weighted by Crippen LogP contribution is -2.17. The van der Waals surface area contributed by atoms with E-state index in [2.05, 4.69) is 21.9 Å². The van der Waals surface area contributed by atoms with Gasteiger partial charge in [0.2, 0.25) is 0 Å². The van der Waals surface area contributed by atoms with Gasteiger partial charge in [0.15, 0.2) is 0 Å². The number of benzene rings is 1. The number of nitrogens with zero attached hydrogens (tertiary/aromatic N) is 2. The van der Waals surface area contributed by atoms with E-state index in [9.17, 15) is 0 Å². The molecule has 2 heterocycles. The molecule has 3 nitrogen and oxygen atoms in total. The summed E-state index contributed by atoms with van der Waals surface area (Å²) in [4.78, 5) is 4.56. The molecule has 1 saturated heterocycles. The van der Waals surface area contributed by atoms with Gasteiger partial charge in [0.05, 0.1) is 17.9 Å². The zero-order valence-corrected chi connectivity index (χ0v) is 11.1. The molecule has 0 spiro atoms. The monoisotopic (exact) mass is 261 g/mol. The van der Waals surface area contributed by atoms with Crippen molar-refractivity contribution in [3.05, 3.63) is 41.3 Å². The van der Waals surface area contributed by atoms with Crippen LogP contribution in [0.4, 0.5) is 0 Å². The Kier molecular flexibility index (Phi) is 3.10. The molecule has 1 aromatic carbocycles. The van der Waals surface area contributed by atoms with Gasteiger partial charge in [0.1, 0.15) is 5.82 Å². The van der Waals surface area contributed by atoms with Crippen molar-refractivity contribution in [3.63, 3.8) is 0 Å². The highest BCUT2D eigenvalue weighted by Gasteiger charge is 2.22. The summed E-state index contributed by atoms with van der Waals surface area (Å²) in [5.74, 6) is 1.10. The first-order valence-electron chi connectivity index (χ1n) is 6.27. The Bertz CT molecular complexity index is 556. The topological polar surface area (TPSA) is 29.9 Å². The molecule has 2 aromatic rings. The normalized spacial score (nSPS) is 19.3.